The number of hydrogen-bond acceptors (Lipinski definition) is 6. The number of nitrogens with zero attached hydrogens (tertiary/aromatic N) is 6. The number of piperazine rings is 1. The lowest BCUT2D eigenvalue weighted by molar-refractivity contribution is 0.199. The van der Waals surface area contributed by atoms with Gasteiger partial charge in [0.25, 0.3) is 5.56 Å². The van der Waals surface area contributed by atoms with Gasteiger partial charge in [0.1, 0.15) is 6.04 Å². The third-order valence-electron chi connectivity index (χ3n) is 8.09. The Hall–Kier alpha value is -4.01. The molecule has 2 aromatic heterocycles. The highest BCUT2D eigenvalue weighted by molar-refractivity contribution is 6.30. The molecule has 0 spiro atoms. The fourth-order valence-corrected chi connectivity index (χ4v) is 6.15. The number of aromatic nitrogens is 5. The van der Waals surface area contributed by atoms with Crippen molar-refractivity contribution in [2.45, 2.75) is 39.8 Å². The SMILES string of the molecule is Cc1cc(C)c2cc([C@H](c3nnnn3CCc3ccccc3)N3CCN(c4cc(Cl)ccc4C)CC3)c(=O)[nH]c2c1. The molecule has 3 aromatic carbocycles. The summed E-state index contributed by atoms with van der Waals surface area (Å²) in [5, 5.41) is 14.7. The summed E-state index contributed by atoms with van der Waals surface area (Å²) in [5.41, 5.74) is 7.20. The molecular weight excluding hydrogens is 534 g/mol. The summed E-state index contributed by atoms with van der Waals surface area (Å²) >= 11 is 6.34. The number of tetrazole rings is 1. The molecule has 0 radical (unpaired) electrons. The molecule has 1 saturated heterocycles. The Balaban J connectivity index is 1.37. The fraction of sp³-hybridized carbons (Fsp3) is 0.312. The Bertz CT molecular complexity index is 1740. The van der Waals surface area contributed by atoms with E-state index in [2.05, 4.69) is 68.4 Å². The van der Waals surface area contributed by atoms with E-state index in [9.17, 15) is 4.79 Å². The van der Waals surface area contributed by atoms with E-state index in [0.717, 1.165) is 65.3 Å². The minimum absolute atomic E-state index is 0.113. The van der Waals surface area contributed by atoms with E-state index in [0.29, 0.717) is 17.9 Å². The maximum absolute atomic E-state index is 13.7. The Kier molecular flexibility index (Phi) is 7.60. The van der Waals surface area contributed by atoms with E-state index < -0.39 is 6.04 Å². The second-order valence-electron chi connectivity index (χ2n) is 10.9. The molecule has 210 valence electrons. The van der Waals surface area contributed by atoms with Gasteiger partial charge in [-0.3, -0.25) is 9.69 Å². The molecule has 8 nitrogen and oxygen atoms in total. The smallest absolute Gasteiger partial charge is 0.253 e. The number of benzene rings is 3. The van der Waals surface area contributed by atoms with Crippen molar-refractivity contribution < 1.29 is 0 Å². The van der Waals surface area contributed by atoms with E-state index in [1.165, 1.54) is 11.1 Å². The van der Waals surface area contributed by atoms with Crippen molar-refractivity contribution in [1.82, 2.24) is 30.1 Å². The summed E-state index contributed by atoms with van der Waals surface area (Å²) in [7, 11) is 0. The second-order valence-corrected chi connectivity index (χ2v) is 11.4. The lowest BCUT2D eigenvalue weighted by atomic mass is 9.99. The fourth-order valence-electron chi connectivity index (χ4n) is 5.98. The van der Waals surface area contributed by atoms with Crippen LogP contribution in [0.5, 0.6) is 0 Å². The summed E-state index contributed by atoms with van der Waals surface area (Å²) < 4.78 is 1.86. The van der Waals surface area contributed by atoms with Crippen LogP contribution in [-0.4, -0.2) is 56.3 Å². The van der Waals surface area contributed by atoms with Gasteiger partial charge in [-0.2, -0.15) is 0 Å². The molecule has 5 aromatic rings. The molecule has 1 fully saturated rings. The minimum Gasteiger partial charge on any atom is -0.369 e. The van der Waals surface area contributed by atoms with Crippen molar-refractivity contribution in [3.05, 3.63) is 116 Å². The largest absolute Gasteiger partial charge is 0.369 e. The zero-order chi connectivity index (χ0) is 28.5. The summed E-state index contributed by atoms with van der Waals surface area (Å²) in [4.78, 5) is 21.6. The number of rotatable bonds is 7. The van der Waals surface area contributed by atoms with Crippen molar-refractivity contribution in [2.24, 2.45) is 0 Å². The van der Waals surface area contributed by atoms with Gasteiger partial charge in [-0.1, -0.05) is 54.1 Å². The van der Waals surface area contributed by atoms with Crippen molar-refractivity contribution in [3.63, 3.8) is 0 Å². The van der Waals surface area contributed by atoms with Gasteiger partial charge in [-0.05, 0) is 84.1 Å². The third kappa shape index (κ3) is 5.62. The average molecular weight is 568 g/mol. The first-order valence-electron chi connectivity index (χ1n) is 14.1. The topological polar surface area (TPSA) is 82.9 Å². The van der Waals surface area contributed by atoms with Gasteiger partial charge >= 0.3 is 0 Å². The third-order valence-corrected chi connectivity index (χ3v) is 8.32. The molecule has 0 amide bonds. The zero-order valence-corrected chi connectivity index (χ0v) is 24.4. The molecule has 1 N–H and O–H groups in total. The van der Waals surface area contributed by atoms with Gasteiger partial charge in [-0.25, -0.2) is 4.68 Å². The zero-order valence-electron chi connectivity index (χ0n) is 23.6. The van der Waals surface area contributed by atoms with E-state index in [4.69, 9.17) is 11.6 Å². The van der Waals surface area contributed by atoms with Gasteiger partial charge < -0.3 is 9.88 Å². The van der Waals surface area contributed by atoms with Gasteiger partial charge in [0.2, 0.25) is 0 Å². The number of halogens is 1. The quantitative estimate of drug-likeness (QED) is 0.289. The Morgan fingerprint density at radius 2 is 1.71 bits per heavy atom. The molecule has 0 aliphatic carbocycles. The first-order valence-corrected chi connectivity index (χ1v) is 14.4. The molecule has 3 heterocycles. The summed E-state index contributed by atoms with van der Waals surface area (Å²) in [6.45, 7) is 9.94. The summed E-state index contributed by atoms with van der Waals surface area (Å²) in [5.74, 6) is 0.683. The number of fused-ring (bicyclic) bond motifs is 1. The highest BCUT2D eigenvalue weighted by Crippen LogP contribution is 2.31. The molecule has 0 unspecified atom stereocenters. The number of H-pyrrole nitrogens is 1. The van der Waals surface area contributed by atoms with Crippen LogP contribution in [0.2, 0.25) is 5.02 Å². The lowest BCUT2D eigenvalue weighted by Gasteiger charge is -2.40. The van der Waals surface area contributed by atoms with Gasteiger partial charge in [0.15, 0.2) is 5.82 Å². The first-order chi connectivity index (χ1) is 19.9. The average Bonchev–Trinajstić information content (AvgIpc) is 3.43. The van der Waals surface area contributed by atoms with Crippen LogP contribution in [0.15, 0.2) is 71.5 Å². The highest BCUT2D eigenvalue weighted by Gasteiger charge is 2.33. The van der Waals surface area contributed by atoms with Crippen LogP contribution in [0.1, 0.15) is 39.7 Å². The van der Waals surface area contributed by atoms with Gasteiger partial charge in [0, 0.05) is 59.9 Å². The summed E-state index contributed by atoms with van der Waals surface area (Å²) in [6, 6.07) is 22.2. The second kappa shape index (κ2) is 11.5. The first kappa shape index (κ1) is 27.2. The van der Waals surface area contributed by atoms with E-state index in [-0.39, 0.29) is 5.56 Å². The number of aryl methyl sites for hydroxylation is 5. The minimum atomic E-state index is -0.391. The van der Waals surface area contributed by atoms with Crippen molar-refractivity contribution in [3.8, 4) is 0 Å². The van der Waals surface area contributed by atoms with Crippen LogP contribution in [0.3, 0.4) is 0 Å². The number of nitrogens with one attached hydrogen (secondary N) is 1. The normalized spacial score (nSPS) is 15.0. The lowest BCUT2D eigenvalue weighted by Crippen LogP contribution is -2.49. The number of hydrogen-bond donors (Lipinski definition) is 1. The molecule has 1 atom stereocenters. The monoisotopic (exact) mass is 567 g/mol. The van der Waals surface area contributed by atoms with E-state index >= 15 is 0 Å². The van der Waals surface area contributed by atoms with Crippen LogP contribution >= 0.6 is 11.6 Å². The standard InChI is InChI=1S/C32H34ClN7O/c1-21-17-23(3)26-20-27(32(41)34-28(26)18-21)30(31-35-36-37-40(31)12-11-24-7-5-4-6-8-24)39-15-13-38(14-16-39)29-19-25(33)10-9-22(29)2/h4-10,17-20,30H,11-16H2,1-3H3,(H,34,41)/t30-/m1/s1. The van der Waals surface area contributed by atoms with Crippen LogP contribution in [-0.2, 0) is 13.0 Å². The van der Waals surface area contributed by atoms with Crippen molar-refractivity contribution in [2.75, 3.05) is 31.1 Å². The maximum Gasteiger partial charge on any atom is 0.253 e. The molecule has 9 heteroatoms. The molecule has 0 saturated carbocycles. The Morgan fingerprint density at radius 3 is 2.49 bits per heavy atom. The van der Waals surface area contributed by atoms with Crippen LogP contribution in [0.25, 0.3) is 10.9 Å². The molecule has 41 heavy (non-hydrogen) atoms. The molecule has 1 aliphatic rings. The Morgan fingerprint density at radius 1 is 0.927 bits per heavy atom. The maximum atomic E-state index is 13.7. The number of aromatic amines is 1. The molecular formula is C32H34ClN7O. The van der Waals surface area contributed by atoms with Crippen LogP contribution in [0.4, 0.5) is 5.69 Å². The highest BCUT2D eigenvalue weighted by atomic mass is 35.5. The van der Waals surface area contributed by atoms with Gasteiger partial charge in [0.05, 0.1) is 0 Å². The van der Waals surface area contributed by atoms with Gasteiger partial charge in [-0.15, -0.1) is 5.10 Å². The molecule has 6 rings (SSSR count). The number of anilines is 1. The van der Waals surface area contributed by atoms with Crippen LogP contribution < -0.4 is 10.5 Å². The van der Waals surface area contributed by atoms with Crippen molar-refractivity contribution in [1.29, 1.82) is 0 Å². The Labute approximate surface area is 244 Å². The number of pyridine rings is 1. The predicted molar refractivity (Wildman–Crippen MR) is 164 cm³/mol. The summed E-state index contributed by atoms with van der Waals surface area (Å²) in [6.07, 6.45) is 0.792. The van der Waals surface area contributed by atoms with E-state index in [1.54, 1.807) is 0 Å². The molecule has 1 aliphatic heterocycles. The van der Waals surface area contributed by atoms with Crippen molar-refractivity contribution >= 4 is 28.2 Å². The van der Waals surface area contributed by atoms with Crippen LogP contribution in [0, 0.1) is 20.8 Å². The predicted octanol–water partition coefficient (Wildman–Crippen LogP) is 5.25. The molecule has 0 bridgehead atoms. The van der Waals surface area contributed by atoms with E-state index in [1.807, 2.05) is 54.1 Å².